The molecule has 0 unspecified atom stereocenters. The van der Waals surface area contributed by atoms with Crippen molar-refractivity contribution in [2.45, 2.75) is 26.9 Å². The van der Waals surface area contributed by atoms with Gasteiger partial charge in [0.05, 0.1) is 5.57 Å². The van der Waals surface area contributed by atoms with Gasteiger partial charge in [-0.15, -0.1) is 62.9 Å². The predicted octanol–water partition coefficient (Wildman–Crippen LogP) is 8.50. The first kappa shape index (κ1) is 22.4. The van der Waals surface area contributed by atoms with E-state index in [0.29, 0.717) is 11.1 Å². The number of benzene rings is 1. The van der Waals surface area contributed by atoms with Crippen molar-refractivity contribution in [1.82, 2.24) is 0 Å². The van der Waals surface area contributed by atoms with Crippen LogP contribution in [0.5, 0.6) is 0 Å². The highest BCUT2D eigenvalue weighted by Gasteiger charge is 2.43. The van der Waals surface area contributed by atoms with E-state index in [1.807, 2.05) is 30.4 Å². The van der Waals surface area contributed by atoms with Crippen molar-refractivity contribution < 1.29 is 13.2 Å². The number of rotatable bonds is 1. The van der Waals surface area contributed by atoms with Gasteiger partial charge in [-0.05, 0) is 30.8 Å². The third-order valence-corrected chi connectivity index (χ3v) is 6.30. The summed E-state index contributed by atoms with van der Waals surface area (Å²) in [6.07, 6.45) is 4.02. The molecule has 5 heteroatoms. The van der Waals surface area contributed by atoms with E-state index < -0.39 is 11.7 Å². The van der Waals surface area contributed by atoms with Crippen LogP contribution in [0.2, 0.25) is 0 Å². The Hall–Kier alpha value is -1.31. The Bertz CT molecular complexity index is 991. The Morgan fingerprint density at radius 2 is 1.69 bits per heavy atom. The summed E-state index contributed by atoms with van der Waals surface area (Å²) in [6, 6.07) is 9.08. The van der Waals surface area contributed by atoms with Gasteiger partial charge in [0.15, 0.2) is 11.1 Å². The number of alkyl halides is 3. The zero-order chi connectivity index (χ0) is 21.4. The standard InChI is InChI=1S/C24H19F3I2/c1-23(2,3)18-13-21(28)19(22(29)14-18)11-17-10-9-16(12-20(17)24(25,26)27)15-7-5-4-6-8-15/h4-10,12-14H,1-3H3. The lowest BCUT2D eigenvalue weighted by molar-refractivity contribution is -0.0891. The molecule has 0 saturated heterocycles. The van der Waals surface area contributed by atoms with Gasteiger partial charge in [0, 0.05) is 29.7 Å². The highest BCUT2D eigenvalue weighted by atomic mass is 127. The molecule has 1 aromatic carbocycles. The van der Waals surface area contributed by atoms with Crippen LogP contribution < -0.4 is 0 Å². The average Bonchev–Trinajstić information content (AvgIpc) is 2.63. The average molecular weight is 618 g/mol. The Labute approximate surface area is 197 Å². The van der Waals surface area contributed by atoms with E-state index in [1.165, 1.54) is 12.5 Å². The van der Waals surface area contributed by atoms with E-state index in [9.17, 15) is 13.2 Å². The fourth-order valence-electron chi connectivity index (χ4n) is 2.96. The SMILES string of the molecule is CC(C)(C)C1=C[C-](I)C(=C=C2[CH+]C=C(c3ccccc3)C=C2C(F)(F)F)C(I)=C1. The molecule has 0 radical (unpaired) electrons. The van der Waals surface area contributed by atoms with Crippen LogP contribution in [0.1, 0.15) is 26.3 Å². The van der Waals surface area contributed by atoms with Gasteiger partial charge in [0.1, 0.15) is 0 Å². The van der Waals surface area contributed by atoms with Crippen molar-refractivity contribution in [3.63, 3.8) is 0 Å². The van der Waals surface area contributed by atoms with Crippen LogP contribution in [-0.4, -0.2) is 6.18 Å². The predicted molar refractivity (Wildman–Crippen MR) is 130 cm³/mol. The highest BCUT2D eigenvalue weighted by Crippen LogP contribution is 2.44. The minimum atomic E-state index is -4.46. The summed E-state index contributed by atoms with van der Waals surface area (Å²) in [5.74, 6) is 0. The van der Waals surface area contributed by atoms with Crippen molar-refractivity contribution in [2.24, 2.45) is 5.41 Å². The maximum atomic E-state index is 13.8. The summed E-state index contributed by atoms with van der Waals surface area (Å²) >= 11 is 4.36. The molecule has 3 rings (SSSR count). The maximum absolute atomic E-state index is 13.8. The molecule has 0 spiro atoms. The van der Waals surface area contributed by atoms with E-state index >= 15 is 0 Å². The monoisotopic (exact) mass is 618 g/mol. The van der Waals surface area contributed by atoms with E-state index in [1.54, 1.807) is 18.2 Å². The van der Waals surface area contributed by atoms with E-state index in [2.05, 4.69) is 71.7 Å². The first-order valence-corrected chi connectivity index (χ1v) is 11.2. The van der Waals surface area contributed by atoms with Crippen LogP contribution in [0.15, 0.2) is 86.2 Å². The third-order valence-electron chi connectivity index (χ3n) is 4.60. The van der Waals surface area contributed by atoms with E-state index in [-0.39, 0.29) is 11.0 Å². The Morgan fingerprint density at radius 3 is 2.24 bits per heavy atom. The van der Waals surface area contributed by atoms with E-state index in [4.69, 9.17) is 0 Å². The molecular weight excluding hydrogens is 599 g/mol. The van der Waals surface area contributed by atoms with Crippen molar-refractivity contribution in [2.75, 3.05) is 0 Å². The Kier molecular flexibility index (Phi) is 6.51. The highest BCUT2D eigenvalue weighted by molar-refractivity contribution is 14.1. The summed E-state index contributed by atoms with van der Waals surface area (Å²) in [6.45, 7) is 6.35. The zero-order valence-corrected chi connectivity index (χ0v) is 20.5. The number of halogens is 5. The second-order valence-electron chi connectivity index (χ2n) is 7.81. The summed E-state index contributed by atoms with van der Waals surface area (Å²) in [4.78, 5) is 0. The van der Waals surface area contributed by atoms with Crippen LogP contribution in [0.4, 0.5) is 13.2 Å². The Balaban J connectivity index is 2.08. The normalized spacial score (nSPS) is 17.7. The lowest BCUT2D eigenvalue weighted by Gasteiger charge is -2.31. The van der Waals surface area contributed by atoms with Gasteiger partial charge in [-0.25, -0.2) is 0 Å². The maximum Gasteiger partial charge on any atom is 0.456 e. The molecule has 2 aliphatic carbocycles. The molecule has 0 heterocycles. The molecule has 0 aromatic heterocycles. The molecule has 150 valence electrons. The summed E-state index contributed by atoms with van der Waals surface area (Å²) < 4.78 is 43.3. The molecule has 0 fully saturated rings. The molecule has 0 N–H and O–H groups in total. The molecule has 1 aromatic rings. The molecule has 2 aliphatic rings. The lowest BCUT2D eigenvalue weighted by Crippen LogP contribution is -2.16. The fraction of sp³-hybridized carbons (Fsp3) is 0.208. The number of hydrogen-bond acceptors (Lipinski definition) is 0. The van der Waals surface area contributed by atoms with Gasteiger partial charge < -0.3 is 0 Å². The van der Waals surface area contributed by atoms with Gasteiger partial charge in [-0.2, -0.15) is 13.2 Å². The summed E-state index contributed by atoms with van der Waals surface area (Å²) in [5, 5.41) is 0. The van der Waals surface area contributed by atoms with Crippen LogP contribution in [-0.2, 0) is 0 Å². The molecule has 0 amide bonds. The zero-order valence-electron chi connectivity index (χ0n) is 16.2. The smallest absolute Gasteiger partial charge is 0.157 e. The molecule has 0 bridgehead atoms. The van der Waals surface area contributed by atoms with Gasteiger partial charge in [0.25, 0.3) is 0 Å². The second-order valence-corrected chi connectivity index (χ2v) is 10.1. The lowest BCUT2D eigenvalue weighted by atomic mass is 9.82. The molecule has 0 nitrogen and oxygen atoms in total. The summed E-state index contributed by atoms with van der Waals surface area (Å²) in [7, 11) is 0. The number of hydrogen-bond donors (Lipinski definition) is 0. The van der Waals surface area contributed by atoms with Crippen LogP contribution in [0.25, 0.3) is 5.57 Å². The molecular formula is C24H19F3I2. The first-order valence-electron chi connectivity index (χ1n) is 9.00. The van der Waals surface area contributed by atoms with E-state index in [0.717, 1.165) is 18.6 Å². The van der Waals surface area contributed by atoms with Crippen LogP contribution >= 0.6 is 45.2 Å². The summed E-state index contributed by atoms with van der Waals surface area (Å²) in [5.41, 5.74) is 5.51. The Morgan fingerprint density at radius 1 is 1.03 bits per heavy atom. The molecule has 0 atom stereocenters. The van der Waals surface area contributed by atoms with Crippen LogP contribution in [0.3, 0.4) is 0 Å². The largest absolute Gasteiger partial charge is 0.456 e. The van der Waals surface area contributed by atoms with Gasteiger partial charge >= 0.3 is 6.18 Å². The third kappa shape index (κ3) is 5.25. The van der Waals surface area contributed by atoms with Crippen molar-refractivity contribution in [1.29, 1.82) is 0 Å². The quantitative estimate of drug-likeness (QED) is 0.168. The second kappa shape index (κ2) is 8.44. The molecule has 29 heavy (non-hydrogen) atoms. The fourth-order valence-corrected chi connectivity index (χ4v) is 5.00. The molecule has 0 saturated carbocycles. The van der Waals surface area contributed by atoms with Crippen molar-refractivity contribution in [3.8, 4) is 0 Å². The topological polar surface area (TPSA) is 0 Å². The van der Waals surface area contributed by atoms with Gasteiger partial charge in [0.2, 0.25) is 0 Å². The minimum Gasteiger partial charge on any atom is -0.157 e. The van der Waals surface area contributed by atoms with Crippen LogP contribution in [0, 0.1) is 15.8 Å². The van der Waals surface area contributed by atoms with Crippen molar-refractivity contribution in [3.05, 3.63) is 102 Å². The minimum absolute atomic E-state index is 0.0349. The van der Waals surface area contributed by atoms with Crippen molar-refractivity contribution >= 4 is 50.8 Å². The van der Waals surface area contributed by atoms with Gasteiger partial charge in [-0.1, -0.05) is 39.0 Å². The molecule has 0 aliphatic heterocycles. The number of allylic oxidation sites excluding steroid dienone is 9. The first-order chi connectivity index (χ1) is 13.5. The van der Waals surface area contributed by atoms with Gasteiger partial charge in [-0.3, -0.25) is 0 Å².